The van der Waals surface area contributed by atoms with Crippen LogP contribution in [0.1, 0.15) is 54.4 Å². The van der Waals surface area contributed by atoms with Crippen LogP contribution in [0, 0.1) is 47.3 Å². The van der Waals surface area contributed by atoms with E-state index in [0.717, 1.165) is 47.3 Å². The molecule has 0 heterocycles. The van der Waals surface area contributed by atoms with E-state index in [-0.39, 0.29) is 0 Å². The van der Waals surface area contributed by atoms with E-state index < -0.39 is 0 Å². The lowest BCUT2D eigenvalue weighted by Crippen LogP contribution is -2.04. The third-order valence-electron chi connectivity index (χ3n) is 6.14. The minimum absolute atomic E-state index is 0.959. The van der Waals surface area contributed by atoms with Crippen LogP contribution in [-0.4, -0.2) is 0 Å². The molecule has 0 amide bonds. The summed E-state index contributed by atoms with van der Waals surface area (Å²) in [5.74, 6) is 8.12. The number of rotatable bonds is 5. The number of hydrogen-bond donors (Lipinski definition) is 0. The third kappa shape index (κ3) is 2.05. The highest BCUT2D eigenvalue weighted by Gasteiger charge is 2.52. The van der Waals surface area contributed by atoms with Crippen LogP contribution in [0.15, 0.2) is 0 Å². The third-order valence-corrected chi connectivity index (χ3v) is 6.14. The summed E-state index contributed by atoms with van der Waals surface area (Å²) in [7, 11) is 0. The molecule has 0 heteroatoms. The van der Waals surface area contributed by atoms with Crippen molar-refractivity contribution in [2.45, 2.75) is 54.4 Å². The highest BCUT2D eigenvalue weighted by molar-refractivity contribution is 5.01. The molecule has 0 radical (unpaired) electrons. The predicted octanol–water partition coefficient (Wildman–Crippen LogP) is 4.84. The molecule has 0 saturated heterocycles. The first-order valence-electron chi connectivity index (χ1n) is 7.49. The molecule has 2 rings (SSSR count). The molecule has 0 bridgehead atoms. The zero-order valence-electron chi connectivity index (χ0n) is 12.0. The maximum absolute atomic E-state index is 2.50. The van der Waals surface area contributed by atoms with Crippen molar-refractivity contribution in [1.29, 1.82) is 0 Å². The molecular weight excluding hydrogens is 192 g/mol. The van der Waals surface area contributed by atoms with Gasteiger partial charge >= 0.3 is 0 Å². The van der Waals surface area contributed by atoms with E-state index in [4.69, 9.17) is 0 Å². The SMILES string of the molecule is CCC(C)C1C(C)C1CC(C)C1C(C)C1C. The van der Waals surface area contributed by atoms with E-state index in [0.29, 0.717) is 0 Å². The molecule has 0 aromatic heterocycles. The van der Waals surface area contributed by atoms with Gasteiger partial charge in [-0.25, -0.2) is 0 Å². The van der Waals surface area contributed by atoms with Gasteiger partial charge in [0.25, 0.3) is 0 Å². The topological polar surface area (TPSA) is 0 Å². The van der Waals surface area contributed by atoms with E-state index in [1.807, 2.05) is 0 Å². The van der Waals surface area contributed by atoms with Crippen molar-refractivity contribution in [3.63, 3.8) is 0 Å². The van der Waals surface area contributed by atoms with Crippen molar-refractivity contribution in [2.75, 3.05) is 0 Å². The first-order chi connectivity index (χ1) is 7.49. The lowest BCUT2D eigenvalue weighted by molar-refractivity contribution is 0.373. The Hall–Kier alpha value is 0. The highest BCUT2D eigenvalue weighted by atomic mass is 14.6. The quantitative estimate of drug-likeness (QED) is 0.624. The van der Waals surface area contributed by atoms with Gasteiger partial charge in [-0.2, -0.15) is 0 Å². The van der Waals surface area contributed by atoms with Crippen LogP contribution in [0.3, 0.4) is 0 Å². The summed E-state index contributed by atoms with van der Waals surface area (Å²) >= 11 is 0. The van der Waals surface area contributed by atoms with Crippen molar-refractivity contribution < 1.29 is 0 Å². The van der Waals surface area contributed by atoms with Crippen LogP contribution >= 0.6 is 0 Å². The van der Waals surface area contributed by atoms with Gasteiger partial charge in [-0.15, -0.1) is 0 Å². The van der Waals surface area contributed by atoms with Crippen molar-refractivity contribution in [3.05, 3.63) is 0 Å². The molecule has 0 aliphatic heterocycles. The van der Waals surface area contributed by atoms with E-state index in [9.17, 15) is 0 Å². The van der Waals surface area contributed by atoms with E-state index in [1.165, 1.54) is 12.8 Å². The van der Waals surface area contributed by atoms with Crippen molar-refractivity contribution >= 4 is 0 Å². The molecule has 2 saturated carbocycles. The Kier molecular flexibility index (Phi) is 3.39. The predicted molar refractivity (Wildman–Crippen MR) is 71.2 cm³/mol. The summed E-state index contributed by atoms with van der Waals surface area (Å²) in [6, 6.07) is 0. The van der Waals surface area contributed by atoms with Gasteiger partial charge in [0.2, 0.25) is 0 Å². The van der Waals surface area contributed by atoms with E-state index in [1.54, 1.807) is 0 Å². The first kappa shape index (κ1) is 12.5. The van der Waals surface area contributed by atoms with Gasteiger partial charge in [0.1, 0.15) is 0 Å². The Morgan fingerprint density at radius 2 is 1.38 bits per heavy atom. The van der Waals surface area contributed by atoms with Crippen LogP contribution in [-0.2, 0) is 0 Å². The molecule has 0 N–H and O–H groups in total. The fraction of sp³-hybridized carbons (Fsp3) is 1.00. The van der Waals surface area contributed by atoms with Gasteiger partial charge < -0.3 is 0 Å². The van der Waals surface area contributed by atoms with Crippen LogP contribution < -0.4 is 0 Å². The zero-order chi connectivity index (χ0) is 12.0. The van der Waals surface area contributed by atoms with Gasteiger partial charge in [0.15, 0.2) is 0 Å². The molecule has 2 aliphatic rings. The van der Waals surface area contributed by atoms with Crippen LogP contribution in [0.5, 0.6) is 0 Å². The number of hydrogen-bond acceptors (Lipinski definition) is 0. The van der Waals surface area contributed by atoms with Crippen LogP contribution in [0.25, 0.3) is 0 Å². The lowest BCUT2D eigenvalue weighted by Gasteiger charge is -2.12. The molecular formula is C16H30. The highest BCUT2D eigenvalue weighted by Crippen LogP contribution is 2.58. The Morgan fingerprint density at radius 3 is 1.81 bits per heavy atom. The van der Waals surface area contributed by atoms with Crippen molar-refractivity contribution in [3.8, 4) is 0 Å². The largest absolute Gasteiger partial charge is 0.0651 e. The van der Waals surface area contributed by atoms with Gasteiger partial charge in [-0.05, 0) is 53.8 Å². The molecule has 0 aromatic rings. The van der Waals surface area contributed by atoms with Crippen molar-refractivity contribution in [1.82, 2.24) is 0 Å². The Labute approximate surface area is 102 Å². The standard InChI is InChI=1S/C16H30/c1-7-9(2)16-13(6)14(16)8-10(3)15-11(4)12(15)5/h9-16H,7-8H2,1-6H3. The summed E-state index contributed by atoms with van der Waals surface area (Å²) < 4.78 is 0. The van der Waals surface area contributed by atoms with Gasteiger partial charge in [-0.3, -0.25) is 0 Å². The summed E-state index contributed by atoms with van der Waals surface area (Å²) in [4.78, 5) is 0. The summed E-state index contributed by atoms with van der Waals surface area (Å²) in [5.41, 5.74) is 0. The monoisotopic (exact) mass is 222 g/mol. The molecule has 0 nitrogen and oxygen atoms in total. The molecule has 7 atom stereocenters. The summed E-state index contributed by atoms with van der Waals surface area (Å²) in [6.07, 6.45) is 2.88. The Morgan fingerprint density at radius 1 is 0.812 bits per heavy atom. The van der Waals surface area contributed by atoms with Crippen molar-refractivity contribution in [2.24, 2.45) is 47.3 Å². The molecule has 94 valence electrons. The maximum atomic E-state index is 2.50. The average molecular weight is 222 g/mol. The second-order valence-corrected chi connectivity index (χ2v) is 6.99. The summed E-state index contributed by atoms with van der Waals surface area (Å²) in [5, 5.41) is 0. The normalized spacial score (nSPS) is 49.9. The van der Waals surface area contributed by atoms with Gasteiger partial charge in [0.05, 0.1) is 0 Å². The van der Waals surface area contributed by atoms with E-state index in [2.05, 4.69) is 41.5 Å². The second kappa shape index (κ2) is 4.35. The minimum Gasteiger partial charge on any atom is -0.0651 e. The molecule has 7 unspecified atom stereocenters. The Bertz CT molecular complexity index is 236. The van der Waals surface area contributed by atoms with Gasteiger partial charge in [0, 0.05) is 0 Å². The van der Waals surface area contributed by atoms with Gasteiger partial charge in [-0.1, -0.05) is 48.0 Å². The lowest BCUT2D eigenvalue weighted by atomic mass is 9.93. The molecule has 2 fully saturated rings. The molecule has 0 aromatic carbocycles. The smallest absolute Gasteiger partial charge is 0.0329 e. The summed E-state index contributed by atoms with van der Waals surface area (Å²) in [6.45, 7) is 14.7. The molecule has 0 spiro atoms. The zero-order valence-corrected chi connectivity index (χ0v) is 12.0. The van der Waals surface area contributed by atoms with E-state index >= 15 is 0 Å². The molecule has 16 heavy (non-hydrogen) atoms. The average Bonchev–Trinajstić information content (AvgIpc) is 3.05. The van der Waals surface area contributed by atoms with Crippen LogP contribution in [0.4, 0.5) is 0 Å². The Balaban J connectivity index is 1.79. The first-order valence-corrected chi connectivity index (χ1v) is 7.49. The second-order valence-electron chi connectivity index (χ2n) is 6.99. The van der Waals surface area contributed by atoms with Crippen LogP contribution in [0.2, 0.25) is 0 Å². The fourth-order valence-electron chi connectivity index (χ4n) is 4.49. The minimum atomic E-state index is 0.959. The maximum Gasteiger partial charge on any atom is -0.0329 e. The molecule has 2 aliphatic carbocycles. The fourth-order valence-corrected chi connectivity index (χ4v) is 4.49.